The number of nitrogens with one attached hydrogen (secondary N) is 1. The molecule has 0 radical (unpaired) electrons. The van der Waals surface area contributed by atoms with Gasteiger partial charge in [-0.25, -0.2) is 9.50 Å². The maximum atomic E-state index is 9.60. The number of fused-ring (bicyclic) bond motifs is 3. The topological polar surface area (TPSA) is 78.5 Å². The highest BCUT2D eigenvalue weighted by Gasteiger charge is 2.36. The second kappa shape index (κ2) is 6.94. The fraction of sp³-hybridized carbons (Fsp3) is 0.348. The van der Waals surface area contributed by atoms with Crippen LogP contribution >= 0.6 is 0 Å². The molecular weight excluding hydrogens is 376 g/mol. The summed E-state index contributed by atoms with van der Waals surface area (Å²) in [6, 6.07) is 9.84. The number of hydrogen-bond donors (Lipinski definition) is 1. The van der Waals surface area contributed by atoms with E-state index >= 15 is 0 Å². The summed E-state index contributed by atoms with van der Waals surface area (Å²) in [5.41, 5.74) is 5.74. The number of aromatic nitrogens is 3. The smallest absolute Gasteiger partial charge is 0.128 e. The van der Waals surface area contributed by atoms with Gasteiger partial charge in [-0.05, 0) is 42.2 Å². The van der Waals surface area contributed by atoms with Gasteiger partial charge in [-0.3, -0.25) is 0 Å². The Kier molecular flexibility index (Phi) is 4.08. The minimum atomic E-state index is 0.573. The zero-order valence-corrected chi connectivity index (χ0v) is 16.6. The van der Waals surface area contributed by atoms with Crippen LogP contribution in [0, 0.1) is 11.3 Å². The van der Waals surface area contributed by atoms with Crippen molar-refractivity contribution >= 4 is 16.9 Å². The quantitative estimate of drug-likeness (QED) is 0.731. The van der Waals surface area contributed by atoms with Crippen LogP contribution < -0.4 is 10.2 Å². The van der Waals surface area contributed by atoms with E-state index in [0.29, 0.717) is 24.3 Å². The van der Waals surface area contributed by atoms with Gasteiger partial charge >= 0.3 is 0 Å². The Balaban J connectivity index is 1.42. The lowest BCUT2D eigenvalue weighted by atomic mass is 9.91. The van der Waals surface area contributed by atoms with Gasteiger partial charge in [0.1, 0.15) is 11.9 Å². The summed E-state index contributed by atoms with van der Waals surface area (Å²) in [5, 5.41) is 17.6. The molecule has 7 rings (SSSR count). The van der Waals surface area contributed by atoms with E-state index in [9.17, 15) is 5.26 Å². The maximum absolute atomic E-state index is 9.60. The van der Waals surface area contributed by atoms with Gasteiger partial charge < -0.3 is 15.0 Å². The van der Waals surface area contributed by atoms with Gasteiger partial charge in [0, 0.05) is 48.7 Å². The second-order valence-electron chi connectivity index (χ2n) is 8.27. The standard InChI is InChI=1S/C23H22N6O/c24-9-18-11-26-29-12-17(15-3-5-30-6-4-15)7-21(23(18)29)16-1-2-22(25-10-16)28-13-19-8-20(14-28)27-19/h1-3,7,10-12,19-20,27H,4-6,8,13-14H2. The number of pyridine rings is 2. The van der Waals surface area contributed by atoms with E-state index in [4.69, 9.17) is 9.72 Å². The number of ether oxygens (including phenoxy) is 1. The van der Waals surface area contributed by atoms with Gasteiger partial charge in [0.25, 0.3) is 0 Å². The van der Waals surface area contributed by atoms with Crippen LogP contribution in [0.15, 0.2) is 42.9 Å². The Morgan fingerprint density at radius 1 is 1.17 bits per heavy atom. The molecule has 30 heavy (non-hydrogen) atoms. The van der Waals surface area contributed by atoms with Crippen molar-refractivity contribution < 1.29 is 4.74 Å². The summed E-state index contributed by atoms with van der Waals surface area (Å²) in [5.74, 6) is 1.02. The minimum absolute atomic E-state index is 0.573. The lowest BCUT2D eigenvalue weighted by Crippen LogP contribution is -2.67. The second-order valence-corrected chi connectivity index (χ2v) is 8.27. The molecule has 1 N–H and O–H groups in total. The minimum Gasteiger partial charge on any atom is -0.377 e. The molecule has 2 atom stereocenters. The van der Waals surface area contributed by atoms with Gasteiger partial charge in [0.2, 0.25) is 0 Å². The summed E-state index contributed by atoms with van der Waals surface area (Å²) in [4.78, 5) is 7.13. The van der Waals surface area contributed by atoms with E-state index < -0.39 is 0 Å². The largest absolute Gasteiger partial charge is 0.377 e. The number of nitriles is 1. The SMILES string of the molecule is N#Cc1cnn2cc(C3=CCOCC3)cc(-c3ccc(N4CC5CC(C4)N5)nc3)c12. The molecule has 4 aliphatic rings. The Hall–Kier alpha value is -3.21. The highest BCUT2D eigenvalue weighted by molar-refractivity contribution is 5.87. The van der Waals surface area contributed by atoms with E-state index in [1.54, 1.807) is 6.20 Å². The normalized spacial score (nSPS) is 23.0. The van der Waals surface area contributed by atoms with Crippen molar-refractivity contribution in [2.24, 2.45) is 0 Å². The predicted octanol–water partition coefficient (Wildman–Crippen LogP) is 2.62. The number of rotatable bonds is 3. The van der Waals surface area contributed by atoms with E-state index in [1.807, 2.05) is 16.9 Å². The zero-order chi connectivity index (χ0) is 20.1. The molecule has 0 spiro atoms. The van der Waals surface area contributed by atoms with Gasteiger partial charge in [-0.2, -0.15) is 10.4 Å². The predicted molar refractivity (Wildman–Crippen MR) is 114 cm³/mol. The fourth-order valence-corrected chi connectivity index (χ4v) is 4.82. The first-order chi connectivity index (χ1) is 14.8. The average molecular weight is 398 g/mol. The monoisotopic (exact) mass is 398 g/mol. The molecule has 4 aliphatic heterocycles. The summed E-state index contributed by atoms with van der Waals surface area (Å²) in [6.07, 6.45) is 9.84. The van der Waals surface area contributed by atoms with E-state index in [0.717, 1.165) is 54.1 Å². The Labute approximate surface area is 174 Å². The number of hydrogen-bond acceptors (Lipinski definition) is 6. The molecule has 7 heterocycles. The molecule has 0 aromatic carbocycles. The van der Waals surface area contributed by atoms with E-state index in [1.165, 1.54) is 12.0 Å². The van der Waals surface area contributed by atoms with E-state index in [2.05, 4.69) is 45.7 Å². The molecule has 2 unspecified atom stereocenters. The fourth-order valence-electron chi connectivity index (χ4n) is 4.82. The molecule has 3 fully saturated rings. The molecule has 7 heteroatoms. The first-order valence-corrected chi connectivity index (χ1v) is 10.4. The number of piperazine rings is 1. The van der Waals surface area contributed by atoms with E-state index in [-0.39, 0.29) is 0 Å². The molecule has 7 nitrogen and oxygen atoms in total. The molecule has 0 amide bonds. The lowest BCUT2D eigenvalue weighted by Gasteiger charge is -2.48. The van der Waals surface area contributed by atoms with Gasteiger partial charge in [0.05, 0.1) is 30.5 Å². The third kappa shape index (κ3) is 2.88. The maximum Gasteiger partial charge on any atom is 0.128 e. The number of anilines is 1. The molecule has 3 saturated heterocycles. The van der Waals surface area contributed by atoms with Crippen molar-refractivity contribution in [1.29, 1.82) is 5.26 Å². The molecular formula is C23H22N6O. The molecule has 0 aliphatic carbocycles. The van der Waals surface area contributed by atoms with Crippen molar-refractivity contribution in [3.63, 3.8) is 0 Å². The van der Waals surface area contributed by atoms with Crippen molar-refractivity contribution in [2.75, 3.05) is 31.2 Å². The van der Waals surface area contributed by atoms with Crippen LogP contribution in [-0.2, 0) is 4.74 Å². The highest BCUT2D eigenvalue weighted by Crippen LogP contribution is 2.33. The third-order valence-corrected chi connectivity index (χ3v) is 6.37. The highest BCUT2D eigenvalue weighted by atomic mass is 16.5. The van der Waals surface area contributed by atoms with Crippen LogP contribution in [0.4, 0.5) is 5.82 Å². The first kappa shape index (κ1) is 17.6. The van der Waals surface area contributed by atoms with Gasteiger partial charge in [0.15, 0.2) is 0 Å². The molecule has 3 aromatic heterocycles. The molecule has 3 aromatic rings. The summed E-state index contributed by atoms with van der Waals surface area (Å²) in [6.45, 7) is 3.39. The van der Waals surface area contributed by atoms with Crippen LogP contribution in [0.1, 0.15) is 24.0 Å². The number of nitrogens with zero attached hydrogens (tertiary/aromatic N) is 5. The van der Waals surface area contributed by atoms with Crippen molar-refractivity contribution in [2.45, 2.75) is 24.9 Å². The molecule has 0 saturated carbocycles. The summed E-state index contributed by atoms with van der Waals surface area (Å²) in [7, 11) is 0. The van der Waals surface area contributed by atoms with Crippen LogP contribution in [-0.4, -0.2) is 53.0 Å². The summed E-state index contributed by atoms with van der Waals surface area (Å²) < 4.78 is 7.28. The van der Waals surface area contributed by atoms with Crippen LogP contribution in [0.25, 0.3) is 22.2 Å². The Morgan fingerprint density at radius 3 is 2.73 bits per heavy atom. The third-order valence-electron chi connectivity index (χ3n) is 6.37. The van der Waals surface area contributed by atoms with Crippen molar-refractivity contribution in [1.82, 2.24) is 19.9 Å². The Bertz CT molecular complexity index is 1170. The molecule has 2 bridgehead atoms. The van der Waals surface area contributed by atoms with Crippen LogP contribution in [0.2, 0.25) is 0 Å². The number of piperidine rings is 1. The van der Waals surface area contributed by atoms with Crippen molar-refractivity contribution in [3.8, 4) is 17.2 Å². The summed E-state index contributed by atoms with van der Waals surface area (Å²) >= 11 is 0. The lowest BCUT2D eigenvalue weighted by molar-refractivity contribution is 0.161. The zero-order valence-electron chi connectivity index (χ0n) is 16.6. The van der Waals surface area contributed by atoms with Crippen LogP contribution in [0.3, 0.4) is 0 Å². The van der Waals surface area contributed by atoms with Crippen LogP contribution in [0.5, 0.6) is 0 Å². The van der Waals surface area contributed by atoms with Crippen molar-refractivity contribution in [3.05, 3.63) is 54.0 Å². The molecule has 150 valence electrons. The average Bonchev–Trinajstić information content (AvgIpc) is 3.22. The van der Waals surface area contributed by atoms with Gasteiger partial charge in [-0.1, -0.05) is 6.08 Å². The Morgan fingerprint density at radius 2 is 2.03 bits per heavy atom. The van der Waals surface area contributed by atoms with Gasteiger partial charge in [-0.15, -0.1) is 0 Å². The first-order valence-electron chi connectivity index (χ1n) is 10.4.